The van der Waals surface area contributed by atoms with Gasteiger partial charge in [0.1, 0.15) is 5.75 Å². The summed E-state index contributed by atoms with van der Waals surface area (Å²) in [5.41, 5.74) is 2.30. The maximum absolute atomic E-state index is 11.8. The molecule has 0 unspecified atom stereocenters. The number of amides is 1. The summed E-state index contributed by atoms with van der Waals surface area (Å²) in [7, 11) is 0. The summed E-state index contributed by atoms with van der Waals surface area (Å²) in [6.45, 7) is 9.28. The number of unbranched alkanes of at least 4 members (excludes halogenated alkanes) is 1. The SMILES string of the molecule is CCCC[C@@H](CC)CNC(=O)COc1cc(C)cc(C)c1. The average Bonchev–Trinajstić information content (AvgIpc) is 2.44. The molecule has 0 aromatic heterocycles. The van der Waals surface area contributed by atoms with Crippen molar-refractivity contribution in [2.75, 3.05) is 13.2 Å². The highest BCUT2D eigenvalue weighted by molar-refractivity contribution is 5.77. The first kappa shape index (κ1) is 17.5. The van der Waals surface area contributed by atoms with Crippen molar-refractivity contribution in [2.24, 2.45) is 5.92 Å². The molecule has 21 heavy (non-hydrogen) atoms. The van der Waals surface area contributed by atoms with Gasteiger partial charge in [-0.2, -0.15) is 0 Å². The van der Waals surface area contributed by atoms with Crippen LogP contribution in [-0.2, 0) is 4.79 Å². The van der Waals surface area contributed by atoms with Gasteiger partial charge in [-0.25, -0.2) is 0 Å². The van der Waals surface area contributed by atoms with E-state index in [4.69, 9.17) is 4.74 Å². The van der Waals surface area contributed by atoms with Crippen LogP contribution in [0.4, 0.5) is 0 Å². The van der Waals surface area contributed by atoms with Crippen LogP contribution in [0, 0.1) is 19.8 Å². The van der Waals surface area contributed by atoms with Gasteiger partial charge in [0.05, 0.1) is 0 Å². The van der Waals surface area contributed by atoms with Crippen LogP contribution in [0.3, 0.4) is 0 Å². The van der Waals surface area contributed by atoms with Gasteiger partial charge in [-0.1, -0.05) is 39.2 Å². The summed E-state index contributed by atoms with van der Waals surface area (Å²) in [6, 6.07) is 6.00. The van der Waals surface area contributed by atoms with Crippen molar-refractivity contribution in [3.8, 4) is 5.75 Å². The van der Waals surface area contributed by atoms with Crippen LogP contribution in [0.15, 0.2) is 18.2 Å². The predicted molar refractivity (Wildman–Crippen MR) is 87.7 cm³/mol. The number of nitrogens with one attached hydrogen (secondary N) is 1. The van der Waals surface area contributed by atoms with Gasteiger partial charge >= 0.3 is 0 Å². The Morgan fingerprint density at radius 2 is 1.86 bits per heavy atom. The van der Waals surface area contributed by atoms with Gasteiger partial charge in [-0.3, -0.25) is 4.79 Å². The Morgan fingerprint density at radius 3 is 2.43 bits per heavy atom. The van der Waals surface area contributed by atoms with Crippen LogP contribution >= 0.6 is 0 Å². The van der Waals surface area contributed by atoms with E-state index in [1.54, 1.807) is 0 Å². The lowest BCUT2D eigenvalue weighted by Gasteiger charge is -2.15. The summed E-state index contributed by atoms with van der Waals surface area (Å²) in [5.74, 6) is 1.31. The summed E-state index contributed by atoms with van der Waals surface area (Å²) in [6.07, 6.45) is 4.73. The molecule has 1 aromatic rings. The molecular weight excluding hydrogens is 262 g/mol. The molecule has 0 fully saturated rings. The molecule has 0 spiro atoms. The molecule has 0 saturated carbocycles. The quantitative estimate of drug-likeness (QED) is 0.746. The molecule has 1 rings (SSSR count). The average molecular weight is 291 g/mol. The van der Waals surface area contributed by atoms with Crippen molar-refractivity contribution in [3.63, 3.8) is 0 Å². The third-order valence-corrected chi connectivity index (χ3v) is 3.70. The third kappa shape index (κ3) is 7.16. The Labute approximate surface area is 129 Å². The zero-order valence-corrected chi connectivity index (χ0v) is 13.9. The summed E-state index contributed by atoms with van der Waals surface area (Å²) >= 11 is 0. The summed E-state index contributed by atoms with van der Waals surface area (Å²) < 4.78 is 5.56. The number of rotatable bonds is 9. The Balaban J connectivity index is 2.33. The number of hydrogen-bond acceptors (Lipinski definition) is 2. The van der Waals surface area contributed by atoms with Crippen LogP contribution in [0.5, 0.6) is 5.75 Å². The van der Waals surface area contributed by atoms with E-state index in [1.165, 1.54) is 19.3 Å². The Bertz CT molecular complexity index is 423. The fourth-order valence-corrected chi connectivity index (χ4v) is 2.42. The minimum Gasteiger partial charge on any atom is -0.484 e. The predicted octanol–water partition coefficient (Wildman–Crippen LogP) is 4.01. The number of ether oxygens (including phenoxy) is 1. The first-order valence-corrected chi connectivity index (χ1v) is 8.03. The van der Waals surface area contributed by atoms with Gasteiger partial charge in [-0.15, -0.1) is 0 Å². The minimum absolute atomic E-state index is 0.0379. The molecule has 0 aliphatic heterocycles. The smallest absolute Gasteiger partial charge is 0.257 e. The molecule has 3 heteroatoms. The van der Waals surface area contributed by atoms with Crippen LogP contribution < -0.4 is 10.1 Å². The number of aryl methyl sites for hydroxylation is 2. The highest BCUT2D eigenvalue weighted by atomic mass is 16.5. The fourth-order valence-electron chi connectivity index (χ4n) is 2.42. The Morgan fingerprint density at radius 1 is 1.19 bits per heavy atom. The highest BCUT2D eigenvalue weighted by Gasteiger charge is 2.09. The van der Waals surface area contributed by atoms with Crippen molar-refractivity contribution in [2.45, 2.75) is 53.4 Å². The molecule has 0 aliphatic rings. The molecular formula is C18H29NO2. The second-order valence-electron chi connectivity index (χ2n) is 5.83. The Hall–Kier alpha value is -1.51. The molecule has 1 aromatic carbocycles. The second kappa shape index (κ2) is 9.43. The lowest BCUT2D eigenvalue weighted by Crippen LogP contribution is -2.33. The van der Waals surface area contributed by atoms with E-state index >= 15 is 0 Å². The molecule has 0 heterocycles. The number of carbonyl (C=O) groups excluding carboxylic acids is 1. The summed E-state index contributed by atoms with van der Waals surface area (Å²) in [5, 5.41) is 2.98. The molecule has 0 radical (unpaired) electrons. The van der Waals surface area contributed by atoms with Crippen molar-refractivity contribution in [3.05, 3.63) is 29.3 Å². The second-order valence-corrected chi connectivity index (χ2v) is 5.83. The topological polar surface area (TPSA) is 38.3 Å². The fraction of sp³-hybridized carbons (Fsp3) is 0.611. The largest absolute Gasteiger partial charge is 0.484 e. The monoisotopic (exact) mass is 291 g/mol. The van der Waals surface area contributed by atoms with E-state index in [0.29, 0.717) is 5.92 Å². The molecule has 1 N–H and O–H groups in total. The zero-order valence-electron chi connectivity index (χ0n) is 13.9. The van der Waals surface area contributed by atoms with Gasteiger partial charge < -0.3 is 10.1 Å². The standard InChI is InChI=1S/C18H29NO2/c1-5-7-8-16(6-2)12-19-18(20)13-21-17-10-14(3)9-15(4)11-17/h9-11,16H,5-8,12-13H2,1-4H3,(H,19,20)/t16-/m1/s1. The molecule has 0 bridgehead atoms. The first-order chi connectivity index (χ1) is 10.0. The van der Waals surface area contributed by atoms with E-state index in [0.717, 1.165) is 29.8 Å². The van der Waals surface area contributed by atoms with E-state index in [2.05, 4.69) is 25.2 Å². The number of benzene rings is 1. The molecule has 1 amide bonds. The van der Waals surface area contributed by atoms with Crippen LogP contribution in [-0.4, -0.2) is 19.1 Å². The highest BCUT2D eigenvalue weighted by Crippen LogP contribution is 2.16. The van der Waals surface area contributed by atoms with E-state index < -0.39 is 0 Å². The van der Waals surface area contributed by atoms with E-state index in [-0.39, 0.29) is 12.5 Å². The van der Waals surface area contributed by atoms with Crippen LogP contribution in [0.1, 0.15) is 50.7 Å². The van der Waals surface area contributed by atoms with Crippen molar-refractivity contribution in [1.82, 2.24) is 5.32 Å². The van der Waals surface area contributed by atoms with Gasteiger partial charge in [0.2, 0.25) is 0 Å². The number of carbonyl (C=O) groups is 1. The van der Waals surface area contributed by atoms with Crippen molar-refractivity contribution >= 4 is 5.91 Å². The third-order valence-electron chi connectivity index (χ3n) is 3.70. The molecule has 1 atom stereocenters. The van der Waals surface area contributed by atoms with Gasteiger partial charge in [-0.05, 0) is 49.4 Å². The lowest BCUT2D eigenvalue weighted by molar-refractivity contribution is -0.123. The van der Waals surface area contributed by atoms with E-state index in [9.17, 15) is 4.79 Å². The van der Waals surface area contributed by atoms with Crippen molar-refractivity contribution < 1.29 is 9.53 Å². The molecule has 118 valence electrons. The maximum atomic E-state index is 11.8. The lowest BCUT2D eigenvalue weighted by atomic mass is 9.99. The molecule has 0 saturated heterocycles. The van der Waals surface area contributed by atoms with E-state index in [1.807, 2.05) is 26.0 Å². The molecule has 3 nitrogen and oxygen atoms in total. The van der Waals surface area contributed by atoms with Gasteiger partial charge in [0.15, 0.2) is 6.61 Å². The van der Waals surface area contributed by atoms with Crippen molar-refractivity contribution in [1.29, 1.82) is 0 Å². The van der Waals surface area contributed by atoms with Crippen LogP contribution in [0.25, 0.3) is 0 Å². The minimum atomic E-state index is -0.0379. The zero-order chi connectivity index (χ0) is 15.7. The molecule has 0 aliphatic carbocycles. The first-order valence-electron chi connectivity index (χ1n) is 8.03. The summed E-state index contributed by atoms with van der Waals surface area (Å²) in [4.78, 5) is 11.8. The van der Waals surface area contributed by atoms with Crippen LogP contribution in [0.2, 0.25) is 0 Å². The van der Waals surface area contributed by atoms with Gasteiger partial charge in [0.25, 0.3) is 5.91 Å². The van der Waals surface area contributed by atoms with Gasteiger partial charge in [0, 0.05) is 6.54 Å². The maximum Gasteiger partial charge on any atom is 0.257 e. The Kier molecular flexibility index (Phi) is 7.88. The normalized spacial score (nSPS) is 12.0. The number of hydrogen-bond donors (Lipinski definition) is 1.